The highest BCUT2D eigenvalue weighted by Gasteiger charge is 2.17. The summed E-state index contributed by atoms with van der Waals surface area (Å²) in [6.07, 6.45) is 2.99. The fourth-order valence-electron chi connectivity index (χ4n) is 1.60. The minimum atomic E-state index is -1.10. The number of nitrogens with one attached hydrogen (secondary N) is 1. The van der Waals surface area contributed by atoms with Gasteiger partial charge in [-0.3, -0.25) is 0 Å². The Labute approximate surface area is 109 Å². The predicted octanol–water partition coefficient (Wildman–Crippen LogP) is 1.83. The molecule has 0 aliphatic carbocycles. The number of pyridine rings is 1. The minimum Gasteiger partial charge on any atom is -0.478 e. The van der Waals surface area contributed by atoms with Crippen LogP contribution in [0.5, 0.6) is 0 Å². The van der Waals surface area contributed by atoms with Gasteiger partial charge in [-0.1, -0.05) is 0 Å². The van der Waals surface area contributed by atoms with Crippen molar-refractivity contribution in [2.45, 2.75) is 19.9 Å². The predicted molar refractivity (Wildman–Crippen MR) is 68.9 cm³/mol. The topological polar surface area (TPSA) is 114 Å². The summed E-state index contributed by atoms with van der Waals surface area (Å²) < 4.78 is 5.37. The molecular formula is C12H14N4O3. The van der Waals surface area contributed by atoms with Gasteiger partial charge < -0.3 is 20.6 Å². The molecule has 0 aromatic carbocycles. The summed E-state index contributed by atoms with van der Waals surface area (Å²) in [5.41, 5.74) is 5.83. The molecule has 0 spiro atoms. The van der Waals surface area contributed by atoms with Crippen LogP contribution in [0.2, 0.25) is 0 Å². The Hall–Kier alpha value is -2.57. The van der Waals surface area contributed by atoms with Gasteiger partial charge in [0.05, 0.1) is 18.1 Å². The normalized spacial score (nSPS) is 12.1. The smallest absolute Gasteiger partial charge is 0.339 e. The number of carbonyl (C=O) groups is 1. The lowest BCUT2D eigenvalue weighted by Gasteiger charge is -2.13. The van der Waals surface area contributed by atoms with E-state index in [4.69, 9.17) is 15.3 Å². The van der Waals surface area contributed by atoms with Gasteiger partial charge in [0.15, 0.2) is 0 Å². The standard InChI is InChI=1S/C12H14N4O3/c1-6-4-15-11(19-6)7(2)16-10-9(12(17)18)3-8(13)5-14-10/h3-5,7H,13H2,1-2H3,(H,14,16)(H,17,18). The first-order valence-electron chi connectivity index (χ1n) is 5.65. The fourth-order valence-corrected chi connectivity index (χ4v) is 1.60. The van der Waals surface area contributed by atoms with Crippen molar-refractivity contribution in [3.8, 4) is 0 Å². The van der Waals surface area contributed by atoms with Crippen LogP contribution in [0.4, 0.5) is 11.5 Å². The molecule has 7 nitrogen and oxygen atoms in total. The van der Waals surface area contributed by atoms with Gasteiger partial charge in [-0.2, -0.15) is 0 Å². The molecule has 2 aromatic heterocycles. The van der Waals surface area contributed by atoms with Crippen molar-refractivity contribution in [1.29, 1.82) is 0 Å². The van der Waals surface area contributed by atoms with E-state index in [9.17, 15) is 4.79 Å². The van der Waals surface area contributed by atoms with Crippen LogP contribution in [0.1, 0.15) is 35.0 Å². The molecule has 0 amide bonds. The molecule has 1 unspecified atom stereocenters. The Balaban J connectivity index is 2.26. The molecule has 0 aliphatic rings. The molecule has 2 aromatic rings. The quantitative estimate of drug-likeness (QED) is 0.769. The third-order valence-corrected chi connectivity index (χ3v) is 2.50. The van der Waals surface area contributed by atoms with Crippen LogP contribution in [-0.4, -0.2) is 21.0 Å². The van der Waals surface area contributed by atoms with Gasteiger partial charge in [-0.05, 0) is 19.9 Å². The van der Waals surface area contributed by atoms with Crippen molar-refractivity contribution >= 4 is 17.5 Å². The zero-order chi connectivity index (χ0) is 14.0. The van der Waals surface area contributed by atoms with Crippen molar-refractivity contribution in [1.82, 2.24) is 9.97 Å². The highest BCUT2D eigenvalue weighted by Crippen LogP contribution is 2.21. The summed E-state index contributed by atoms with van der Waals surface area (Å²) in [5.74, 6) is 0.281. The number of carboxylic acids is 1. The average molecular weight is 262 g/mol. The molecule has 0 bridgehead atoms. The summed E-state index contributed by atoms with van der Waals surface area (Å²) in [7, 11) is 0. The molecule has 0 fully saturated rings. The first-order valence-corrected chi connectivity index (χ1v) is 5.65. The second-order valence-corrected chi connectivity index (χ2v) is 4.15. The monoisotopic (exact) mass is 262 g/mol. The van der Waals surface area contributed by atoms with Gasteiger partial charge in [0, 0.05) is 0 Å². The number of nitrogens with two attached hydrogens (primary N) is 1. The lowest BCUT2D eigenvalue weighted by atomic mass is 10.2. The summed E-state index contributed by atoms with van der Waals surface area (Å²) in [5, 5.41) is 12.0. The van der Waals surface area contributed by atoms with E-state index < -0.39 is 5.97 Å². The van der Waals surface area contributed by atoms with Crippen LogP contribution in [0.25, 0.3) is 0 Å². The van der Waals surface area contributed by atoms with E-state index in [1.807, 2.05) is 0 Å². The Kier molecular flexibility index (Phi) is 3.37. The Bertz CT molecular complexity index is 609. The number of rotatable bonds is 4. The summed E-state index contributed by atoms with van der Waals surface area (Å²) in [6, 6.07) is 1.05. The summed E-state index contributed by atoms with van der Waals surface area (Å²) in [6.45, 7) is 3.59. The van der Waals surface area contributed by atoms with Crippen LogP contribution >= 0.6 is 0 Å². The van der Waals surface area contributed by atoms with E-state index in [1.165, 1.54) is 12.3 Å². The van der Waals surface area contributed by atoms with Gasteiger partial charge >= 0.3 is 5.97 Å². The Morgan fingerprint density at radius 3 is 2.79 bits per heavy atom. The lowest BCUT2D eigenvalue weighted by Crippen LogP contribution is -2.13. The van der Waals surface area contributed by atoms with Crippen molar-refractivity contribution in [2.75, 3.05) is 11.1 Å². The van der Waals surface area contributed by atoms with Crippen LogP contribution in [0.15, 0.2) is 22.9 Å². The first-order chi connectivity index (χ1) is 8.97. The number of nitrogen functional groups attached to an aromatic ring is 1. The van der Waals surface area contributed by atoms with E-state index in [0.717, 1.165) is 0 Å². The SMILES string of the molecule is Cc1cnc(C(C)Nc2ncc(N)cc2C(=O)O)o1. The van der Waals surface area contributed by atoms with E-state index in [0.29, 0.717) is 17.3 Å². The van der Waals surface area contributed by atoms with Gasteiger partial charge in [-0.15, -0.1) is 0 Å². The number of nitrogens with zero attached hydrogens (tertiary/aromatic N) is 2. The molecule has 0 saturated heterocycles. The number of carboxylic acid groups (broad SMARTS) is 1. The minimum absolute atomic E-state index is 0.00938. The Morgan fingerprint density at radius 2 is 2.21 bits per heavy atom. The number of aromatic carboxylic acids is 1. The van der Waals surface area contributed by atoms with Crippen molar-refractivity contribution in [3.05, 3.63) is 35.7 Å². The van der Waals surface area contributed by atoms with Gasteiger partial charge in [0.1, 0.15) is 23.2 Å². The zero-order valence-electron chi connectivity index (χ0n) is 10.5. The van der Waals surface area contributed by atoms with Gasteiger partial charge in [0.2, 0.25) is 5.89 Å². The number of aromatic nitrogens is 2. The fraction of sp³-hybridized carbons (Fsp3) is 0.250. The van der Waals surface area contributed by atoms with Gasteiger partial charge in [-0.25, -0.2) is 14.8 Å². The highest BCUT2D eigenvalue weighted by molar-refractivity contribution is 5.94. The molecule has 7 heteroatoms. The maximum absolute atomic E-state index is 11.1. The first kappa shape index (κ1) is 12.9. The molecule has 2 rings (SSSR count). The lowest BCUT2D eigenvalue weighted by molar-refractivity contribution is 0.0697. The third-order valence-electron chi connectivity index (χ3n) is 2.50. The molecule has 2 heterocycles. The maximum Gasteiger partial charge on any atom is 0.339 e. The number of anilines is 2. The molecular weight excluding hydrogens is 248 g/mol. The number of oxazole rings is 1. The zero-order valence-corrected chi connectivity index (χ0v) is 10.5. The molecule has 100 valence electrons. The summed E-state index contributed by atoms with van der Waals surface area (Å²) >= 11 is 0. The van der Waals surface area contributed by atoms with Crippen LogP contribution in [0, 0.1) is 6.92 Å². The molecule has 0 saturated carbocycles. The number of hydrogen-bond acceptors (Lipinski definition) is 6. The molecule has 0 radical (unpaired) electrons. The molecule has 19 heavy (non-hydrogen) atoms. The molecule has 4 N–H and O–H groups in total. The third kappa shape index (κ3) is 2.82. The van der Waals surface area contributed by atoms with E-state index in [2.05, 4.69) is 15.3 Å². The number of aryl methyl sites for hydroxylation is 1. The highest BCUT2D eigenvalue weighted by atomic mass is 16.4. The van der Waals surface area contributed by atoms with Crippen LogP contribution in [0.3, 0.4) is 0 Å². The van der Waals surface area contributed by atoms with Crippen LogP contribution in [-0.2, 0) is 0 Å². The van der Waals surface area contributed by atoms with E-state index in [1.54, 1.807) is 20.0 Å². The second-order valence-electron chi connectivity index (χ2n) is 4.15. The van der Waals surface area contributed by atoms with Crippen LogP contribution < -0.4 is 11.1 Å². The molecule has 0 aliphatic heterocycles. The largest absolute Gasteiger partial charge is 0.478 e. The van der Waals surface area contributed by atoms with E-state index >= 15 is 0 Å². The van der Waals surface area contributed by atoms with Gasteiger partial charge in [0.25, 0.3) is 0 Å². The Morgan fingerprint density at radius 1 is 1.47 bits per heavy atom. The number of hydrogen-bond donors (Lipinski definition) is 3. The second kappa shape index (κ2) is 4.97. The van der Waals surface area contributed by atoms with Crippen molar-refractivity contribution < 1.29 is 14.3 Å². The maximum atomic E-state index is 11.1. The summed E-state index contributed by atoms with van der Waals surface area (Å²) in [4.78, 5) is 19.2. The average Bonchev–Trinajstić information content (AvgIpc) is 2.78. The molecule has 1 atom stereocenters. The van der Waals surface area contributed by atoms with Crippen molar-refractivity contribution in [3.63, 3.8) is 0 Å². The van der Waals surface area contributed by atoms with Crippen molar-refractivity contribution in [2.24, 2.45) is 0 Å². The van der Waals surface area contributed by atoms with E-state index in [-0.39, 0.29) is 17.4 Å².